The predicted molar refractivity (Wildman–Crippen MR) is 93.2 cm³/mol. The molecule has 2 aromatic rings. The number of hydrogen-bond acceptors (Lipinski definition) is 5. The minimum absolute atomic E-state index is 0.0370. The lowest BCUT2D eigenvalue weighted by atomic mass is 10.2. The van der Waals surface area contributed by atoms with Gasteiger partial charge in [0.2, 0.25) is 0 Å². The summed E-state index contributed by atoms with van der Waals surface area (Å²) in [5.41, 5.74) is 1.27. The summed E-state index contributed by atoms with van der Waals surface area (Å²) in [4.78, 5) is 11.7. The summed E-state index contributed by atoms with van der Waals surface area (Å²) in [7, 11) is -0.708. The first-order valence-corrected chi connectivity index (χ1v) is 9.01. The quantitative estimate of drug-likeness (QED) is 0.711. The average molecular weight is 367 g/mol. The van der Waals surface area contributed by atoms with E-state index in [1.54, 1.807) is 13.2 Å². The van der Waals surface area contributed by atoms with E-state index in [1.165, 1.54) is 17.9 Å². The van der Waals surface area contributed by atoms with E-state index in [1.807, 2.05) is 30.3 Å². The van der Waals surface area contributed by atoms with Gasteiger partial charge in [0.1, 0.15) is 6.61 Å². The van der Waals surface area contributed by atoms with Crippen LogP contribution in [-0.4, -0.2) is 44.4 Å². The molecule has 9 nitrogen and oxygen atoms in total. The molecule has 0 fully saturated rings. The standard InChI is InChI=1S/C15H21N5O4S/c1-16-25(22,23)20(14-10-18-19(2)11-14)9-8-17-15(21)24-12-13-6-4-3-5-7-13/h3-7,10-11,16H,8-9,12H2,1-2H3,(H,17,21). The molecule has 1 heterocycles. The van der Waals surface area contributed by atoms with Crippen LogP contribution in [0, 0.1) is 0 Å². The number of aryl methyl sites for hydroxylation is 1. The van der Waals surface area contributed by atoms with Crippen LogP contribution in [0.15, 0.2) is 42.7 Å². The molecule has 0 saturated carbocycles. The van der Waals surface area contributed by atoms with Crippen LogP contribution in [0.3, 0.4) is 0 Å². The molecule has 10 heteroatoms. The highest BCUT2D eigenvalue weighted by molar-refractivity contribution is 7.90. The Labute approximate surface area is 146 Å². The molecule has 0 aliphatic carbocycles. The van der Waals surface area contributed by atoms with Crippen LogP contribution < -0.4 is 14.3 Å². The highest BCUT2D eigenvalue weighted by atomic mass is 32.2. The molecule has 0 saturated heterocycles. The van der Waals surface area contributed by atoms with E-state index in [0.717, 1.165) is 9.87 Å². The number of ether oxygens (including phenoxy) is 1. The number of hydrogen-bond donors (Lipinski definition) is 2. The third-order valence-electron chi connectivity index (χ3n) is 3.32. The van der Waals surface area contributed by atoms with Gasteiger partial charge in [0, 0.05) is 26.8 Å². The lowest BCUT2D eigenvalue weighted by Crippen LogP contribution is -2.43. The van der Waals surface area contributed by atoms with Crippen molar-refractivity contribution in [3.05, 3.63) is 48.3 Å². The summed E-state index contributed by atoms with van der Waals surface area (Å²) in [6.45, 7) is 0.270. The van der Waals surface area contributed by atoms with Crippen molar-refractivity contribution in [2.24, 2.45) is 7.05 Å². The lowest BCUT2D eigenvalue weighted by molar-refractivity contribution is 0.140. The number of anilines is 1. The van der Waals surface area contributed by atoms with Gasteiger partial charge in [-0.1, -0.05) is 30.3 Å². The number of alkyl carbamates (subject to hydrolysis) is 1. The highest BCUT2D eigenvalue weighted by Crippen LogP contribution is 2.14. The van der Waals surface area contributed by atoms with Crippen LogP contribution in [0.5, 0.6) is 0 Å². The molecule has 136 valence electrons. The molecule has 0 atom stereocenters. The van der Waals surface area contributed by atoms with Crippen LogP contribution in [0.1, 0.15) is 5.56 Å². The van der Waals surface area contributed by atoms with Crippen molar-refractivity contribution in [1.82, 2.24) is 19.8 Å². The van der Waals surface area contributed by atoms with Gasteiger partial charge in [-0.25, -0.2) is 9.52 Å². The van der Waals surface area contributed by atoms with E-state index >= 15 is 0 Å². The van der Waals surface area contributed by atoms with Crippen molar-refractivity contribution in [2.75, 3.05) is 24.4 Å². The summed E-state index contributed by atoms with van der Waals surface area (Å²) >= 11 is 0. The Kier molecular flexibility index (Phi) is 6.37. The molecule has 0 unspecified atom stereocenters. The fourth-order valence-corrected chi connectivity index (χ4v) is 2.99. The number of amides is 1. The van der Waals surface area contributed by atoms with Crippen LogP contribution in [0.2, 0.25) is 0 Å². The largest absolute Gasteiger partial charge is 0.445 e. The van der Waals surface area contributed by atoms with Gasteiger partial charge in [0.15, 0.2) is 0 Å². The van der Waals surface area contributed by atoms with Crippen molar-refractivity contribution in [3.8, 4) is 0 Å². The molecule has 0 aliphatic heterocycles. The van der Waals surface area contributed by atoms with Crippen LogP contribution >= 0.6 is 0 Å². The number of carbonyl (C=O) groups excluding carboxylic acids is 1. The van der Waals surface area contributed by atoms with E-state index in [4.69, 9.17) is 4.74 Å². The molecule has 1 amide bonds. The second kappa shape index (κ2) is 8.49. The minimum atomic E-state index is -3.72. The normalized spacial score (nSPS) is 11.1. The number of nitrogens with one attached hydrogen (secondary N) is 2. The van der Waals surface area contributed by atoms with E-state index in [2.05, 4.69) is 15.1 Å². The Morgan fingerprint density at radius 3 is 2.64 bits per heavy atom. The zero-order valence-corrected chi connectivity index (χ0v) is 14.9. The number of nitrogens with zero attached hydrogens (tertiary/aromatic N) is 3. The van der Waals surface area contributed by atoms with Crippen LogP contribution in [0.4, 0.5) is 10.5 Å². The van der Waals surface area contributed by atoms with Crippen molar-refractivity contribution in [1.29, 1.82) is 0 Å². The summed E-state index contributed by atoms with van der Waals surface area (Å²) in [5, 5.41) is 6.50. The monoisotopic (exact) mass is 367 g/mol. The second-order valence-electron chi connectivity index (χ2n) is 5.14. The minimum Gasteiger partial charge on any atom is -0.445 e. The zero-order chi connectivity index (χ0) is 18.3. The Bertz CT molecular complexity index is 791. The Morgan fingerprint density at radius 2 is 2.04 bits per heavy atom. The first-order valence-electron chi connectivity index (χ1n) is 7.57. The number of benzene rings is 1. The molecule has 1 aromatic heterocycles. The van der Waals surface area contributed by atoms with E-state index in [0.29, 0.717) is 5.69 Å². The first kappa shape index (κ1) is 18.7. The van der Waals surface area contributed by atoms with Crippen molar-refractivity contribution < 1.29 is 17.9 Å². The molecule has 2 N–H and O–H groups in total. The molecule has 2 rings (SSSR count). The maximum Gasteiger partial charge on any atom is 0.407 e. The van der Waals surface area contributed by atoms with Gasteiger partial charge >= 0.3 is 16.3 Å². The van der Waals surface area contributed by atoms with Crippen LogP contribution in [-0.2, 0) is 28.6 Å². The maximum atomic E-state index is 12.1. The smallest absolute Gasteiger partial charge is 0.407 e. The Balaban J connectivity index is 1.87. The van der Waals surface area contributed by atoms with E-state index in [9.17, 15) is 13.2 Å². The van der Waals surface area contributed by atoms with Crippen molar-refractivity contribution in [2.45, 2.75) is 6.61 Å². The maximum absolute atomic E-state index is 12.1. The van der Waals surface area contributed by atoms with Gasteiger partial charge in [-0.05, 0) is 5.56 Å². The number of carbonyl (C=O) groups is 1. The SMILES string of the molecule is CNS(=O)(=O)N(CCNC(=O)OCc1ccccc1)c1cnn(C)c1. The lowest BCUT2D eigenvalue weighted by Gasteiger charge is -2.22. The molecular formula is C15H21N5O4S. The second-order valence-corrected chi connectivity index (χ2v) is 6.94. The molecule has 0 radical (unpaired) electrons. The fourth-order valence-electron chi connectivity index (χ4n) is 2.07. The highest BCUT2D eigenvalue weighted by Gasteiger charge is 2.21. The zero-order valence-electron chi connectivity index (χ0n) is 14.0. The summed E-state index contributed by atoms with van der Waals surface area (Å²) in [6, 6.07) is 9.27. The third-order valence-corrected chi connectivity index (χ3v) is 4.81. The molecular weight excluding hydrogens is 346 g/mol. The molecule has 0 spiro atoms. The van der Waals surface area contributed by atoms with Gasteiger partial charge in [0.25, 0.3) is 0 Å². The van der Waals surface area contributed by atoms with Crippen LogP contribution in [0.25, 0.3) is 0 Å². The van der Waals surface area contributed by atoms with Gasteiger partial charge < -0.3 is 10.1 Å². The molecule has 0 bridgehead atoms. The number of aromatic nitrogens is 2. The summed E-state index contributed by atoms with van der Waals surface area (Å²) in [5.74, 6) is 0. The predicted octanol–water partition coefficient (Wildman–Crippen LogP) is 0.617. The van der Waals surface area contributed by atoms with Gasteiger partial charge in [-0.3, -0.25) is 8.99 Å². The molecule has 25 heavy (non-hydrogen) atoms. The van der Waals surface area contributed by atoms with Gasteiger partial charge in [-0.15, -0.1) is 0 Å². The van der Waals surface area contributed by atoms with E-state index < -0.39 is 16.3 Å². The Hall–Kier alpha value is -2.59. The van der Waals surface area contributed by atoms with Crippen molar-refractivity contribution >= 4 is 22.0 Å². The third kappa shape index (κ3) is 5.47. The van der Waals surface area contributed by atoms with Gasteiger partial charge in [-0.2, -0.15) is 13.5 Å². The summed E-state index contributed by atoms with van der Waals surface area (Å²) in [6.07, 6.45) is 2.39. The number of rotatable bonds is 8. The molecule has 1 aromatic carbocycles. The van der Waals surface area contributed by atoms with Crippen molar-refractivity contribution in [3.63, 3.8) is 0 Å². The topological polar surface area (TPSA) is 106 Å². The first-order chi connectivity index (χ1) is 11.9. The summed E-state index contributed by atoms with van der Waals surface area (Å²) < 4.78 is 34.2. The molecule has 0 aliphatic rings. The Morgan fingerprint density at radius 1 is 1.32 bits per heavy atom. The fraction of sp³-hybridized carbons (Fsp3) is 0.333. The average Bonchev–Trinajstić information content (AvgIpc) is 3.03. The van der Waals surface area contributed by atoms with Gasteiger partial charge in [0.05, 0.1) is 18.4 Å². The van der Waals surface area contributed by atoms with E-state index in [-0.39, 0.29) is 19.7 Å².